The highest BCUT2D eigenvalue weighted by Gasteiger charge is 2.12. The van der Waals surface area contributed by atoms with Crippen molar-refractivity contribution in [3.8, 4) is 11.3 Å². The highest BCUT2D eigenvalue weighted by Crippen LogP contribution is 2.28. The van der Waals surface area contributed by atoms with Crippen LogP contribution in [0.4, 0.5) is 17.5 Å². The molecule has 0 unspecified atom stereocenters. The van der Waals surface area contributed by atoms with Crippen LogP contribution in [0.3, 0.4) is 0 Å². The summed E-state index contributed by atoms with van der Waals surface area (Å²) in [5, 5.41) is 6.87. The van der Waals surface area contributed by atoms with E-state index >= 15 is 0 Å². The van der Waals surface area contributed by atoms with E-state index in [0.717, 1.165) is 11.3 Å². The van der Waals surface area contributed by atoms with Gasteiger partial charge >= 0.3 is 5.97 Å². The number of nitrogens with one attached hydrogen (secondary N) is 2. The summed E-state index contributed by atoms with van der Waals surface area (Å²) in [5.74, 6) is 0.620. The van der Waals surface area contributed by atoms with E-state index in [0.29, 0.717) is 28.0 Å². The molecule has 2 aromatic carbocycles. The van der Waals surface area contributed by atoms with Crippen LogP contribution in [-0.2, 0) is 4.74 Å². The lowest BCUT2D eigenvalue weighted by Gasteiger charge is -2.14. The number of carbonyl (C=O) groups excluding carboxylic acids is 1. The Morgan fingerprint density at radius 1 is 1.07 bits per heavy atom. The van der Waals surface area contributed by atoms with E-state index in [-0.39, 0.29) is 6.04 Å². The molecule has 0 aliphatic heterocycles. The van der Waals surface area contributed by atoms with Crippen molar-refractivity contribution in [3.05, 3.63) is 65.2 Å². The summed E-state index contributed by atoms with van der Waals surface area (Å²) in [5.41, 5.74) is 2.68. The third-order valence-electron chi connectivity index (χ3n) is 3.86. The zero-order chi connectivity index (χ0) is 20.1. The van der Waals surface area contributed by atoms with E-state index in [4.69, 9.17) is 16.3 Å². The molecule has 0 radical (unpaired) electrons. The smallest absolute Gasteiger partial charge is 0.337 e. The molecule has 3 rings (SSSR count). The fraction of sp³-hybridized carbons (Fsp3) is 0.190. The van der Waals surface area contributed by atoms with Crippen LogP contribution in [0.25, 0.3) is 11.3 Å². The SMILES string of the molecule is COC(=O)c1ccc(Cl)c(Nc2cc(-c3ccccc3)nc(NC(C)C)n2)c1. The van der Waals surface area contributed by atoms with Gasteiger partial charge in [0.25, 0.3) is 0 Å². The van der Waals surface area contributed by atoms with Crippen LogP contribution in [0.2, 0.25) is 5.02 Å². The van der Waals surface area contributed by atoms with Gasteiger partial charge in [0.2, 0.25) is 5.95 Å². The number of rotatable bonds is 6. The molecule has 7 heteroatoms. The molecule has 3 aromatic rings. The summed E-state index contributed by atoms with van der Waals surface area (Å²) >= 11 is 6.30. The van der Waals surface area contributed by atoms with Gasteiger partial charge in [-0.1, -0.05) is 41.9 Å². The first kappa shape index (κ1) is 19.6. The van der Waals surface area contributed by atoms with E-state index in [2.05, 4.69) is 20.6 Å². The number of esters is 1. The number of anilines is 3. The molecular weight excluding hydrogens is 376 g/mol. The molecule has 0 saturated heterocycles. The molecular formula is C21H21ClN4O2. The van der Waals surface area contributed by atoms with Gasteiger partial charge in [-0.25, -0.2) is 9.78 Å². The first-order valence-corrected chi connectivity index (χ1v) is 9.20. The van der Waals surface area contributed by atoms with Gasteiger partial charge in [0.15, 0.2) is 0 Å². The molecule has 0 spiro atoms. The zero-order valence-electron chi connectivity index (χ0n) is 15.9. The number of methoxy groups -OCH3 is 1. The Morgan fingerprint density at radius 3 is 2.50 bits per heavy atom. The lowest BCUT2D eigenvalue weighted by Crippen LogP contribution is -2.13. The summed E-state index contributed by atoms with van der Waals surface area (Å²) in [4.78, 5) is 20.9. The summed E-state index contributed by atoms with van der Waals surface area (Å²) in [7, 11) is 1.34. The maximum Gasteiger partial charge on any atom is 0.337 e. The third kappa shape index (κ3) is 4.78. The maximum atomic E-state index is 11.8. The molecule has 1 heterocycles. The molecule has 28 heavy (non-hydrogen) atoms. The molecule has 144 valence electrons. The van der Waals surface area contributed by atoms with Crippen LogP contribution in [0, 0.1) is 0 Å². The van der Waals surface area contributed by atoms with Crippen LogP contribution < -0.4 is 10.6 Å². The molecule has 2 N–H and O–H groups in total. The summed E-state index contributed by atoms with van der Waals surface area (Å²) in [6.07, 6.45) is 0. The summed E-state index contributed by atoms with van der Waals surface area (Å²) < 4.78 is 4.78. The van der Waals surface area contributed by atoms with Gasteiger partial charge in [0.1, 0.15) is 5.82 Å². The minimum absolute atomic E-state index is 0.171. The molecule has 0 bridgehead atoms. The predicted molar refractivity (Wildman–Crippen MR) is 112 cm³/mol. The number of hydrogen-bond acceptors (Lipinski definition) is 6. The Balaban J connectivity index is 2.00. The standard InChI is InChI=1S/C21H21ClN4O2/c1-13(2)23-21-25-17(14-7-5-4-6-8-14)12-19(26-21)24-18-11-15(20(27)28-3)9-10-16(18)22/h4-13H,1-3H3,(H2,23,24,25,26). The van der Waals surface area contributed by atoms with Crippen molar-refractivity contribution in [3.63, 3.8) is 0 Å². The minimum atomic E-state index is -0.436. The fourth-order valence-corrected chi connectivity index (χ4v) is 2.76. The average molecular weight is 397 g/mol. The second kappa shape index (κ2) is 8.71. The monoisotopic (exact) mass is 396 g/mol. The summed E-state index contributed by atoms with van der Waals surface area (Å²) in [6.45, 7) is 4.03. The average Bonchev–Trinajstić information content (AvgIpc) is 2.69. The van der Waals surface area contributed by atoms with E-state index in [1.54, 1.807) is 18.2 Å². The van der Waals surface area contributed by atoms with Crippen molar-refractivity contribution in [2.75, 3.05) is 17.7 Å². The predicted octanol–water partition coefficient (Wildman–Crippen LogP) is 5.15. The topological polar surface area (TPSA) is 76.1 Å². The van der Waals surface area contributed by atoms with E-state index in [1.165, 1.54) is 7.11 Å². The first-order chi connectivity index (χ1) is 13.5. The Kier molecular flexibility index (Phi) is 6.11. The minimum Gasteiger partial charge on any atom is -0.465 e. The molecule has 0 fully saturated rings. The number of aromatic nitrogens is 2. The van der Waals surface area contributed by atoms with Gasteiger partial charge in [-0.05, 0) is 32.0 Å². The lowest BCUT2D eigenvalue weighted by atomic mass is 10.1. The van der Waals surface area contributed by atoms with Crippen LogP contribution in [0.1, 0.15) is 24.2 Å². The molecule has 1 aromatic heterocycles. The van der Waals surface area contributed by atoms with Crippen LogP contribution in [0.5, 0.6) is 0 Å². The molecule has 0 atom stereocenters. The van der Waals surface area contributed by atoms with Gasteiger partial charge in [-0.15, -0.1) is 0 Å². The molecule has 0 saturated carbocycles. The van der Waals surface area contributed by atoms with Gasteiger partial charge in [-0.3, -0.25) is 0 Å². The Morgan fingerprint density at radius 2 is 1.82 bits per heavy atom. The zero-order valence-corrected chi connectivity index (χ0v) is 16.6. The second-order valence-electron chi connectivity index (χ2n) is 6.44. The molecule has 0 amide bonds. The van der Waals surface area contributed by atoms with E-state index in [9.17, 15) is 4.79 Å². The van der Waals surface area contributed by atoms with E-state index in [1.807, 2.05) is 50.2 Å². The van der Waals surface area contributed by atoms with Crippen molar-refractivity contribution >= 4 is 35.0 Å². The highest BCUT2D eigenvalue weighted by atomic mass is 35.5. The van der Waals surface area contributed by atoms with Crippen molar-refractivity contribution in [1.82, 2.24) is 9.97 Å². The Labute approximate surface area is 168 Å². The third-order valence-corrected chi connectivity index (χ3v) is 4.19. The maximum absolute atomic E-state index is 11.8. The van der Waals surface area contributed by atoms with Crippen molar-refractivity contribution in [2.45, 2.75) is 19.9 Å². The molecule has 0 aliphatic carbocycles. The largest absolute Gasteiger partial charge is 0.465 e. The van der Waals surface area contributed by atoms with Crippen molar-refractivity contribution < 1.29 is 9.53 Å². The summed E-state index contributed by atoms with van der Waals surface area (Å²) in [6, 6.07) is 16.7. The quantitative estimate of drug-likeness (QED) is 0.561. The first-order valence-electron chi connectivity index (χ1n) is 8.82. The van der Waals surface area contributed by atoms with Gasteiger partial charge in [-0.2, -0.15) is 4.98 Å². The number of carbonyl (C=O) groups is 1. The normalized spacial score (nSPS) is 10.6. The van der Waals surface area contributed by atoms with E-state index < -0.39 is 5.97 Å². The number of halogens is 1. The number of benzene rings is 2. The lowest BCUT2D eigenvalue weighted by molar-refractivity contribution is 0.0601. The van der Waals surface area contributed by atoms with Crippen LogP contribution >= 0.6 is 11.6 Å². The molecule has 6 nitrogen and oxygen atoms in total. The molecule has 0 aliphatic rings. The van der Waals surface area contributed by atoms with Crippen LogP contribution in [-0.4, -0.2) is 29.1 Å². The number of nitrogens with zero attached hydrogens (tertiary/aromatic N) is 2. The van der Waals surface area contributed by atoms with Gasteiger partial charge in [0.05, 0.1) is 29.1 Å². The Bertz CT molecular complexity index is 977. The fourth-order valence-electron chi connectivity index (χ4n) is 2.59. The van der Waals surface area contributed by atoms with Gasteiger partial charge in [0, 0.05) is 17.7 Å². The van der Waals surface area contributed by atoms with Gasteiger partial charge < -0.3 is 15.4 Å². The number of ether oxygens (including phenoxy) is 1. The van der Waals surface area contributed by atoms with Crippen LogP contribution in [0.15, 0.2) is 54.6 Å². The second-order valence-corrected chi connectivity index (χ2v) is 6.85. The van der Waals surface area contributed by atoms with Crippen molar-refractivity contribution in [2.24, 2.45) is 0 Å². The van der Waals surface area contributed by atoms with Crippen molar-refractivity contribution in [1.29, 1.82) is 0 Å². The highest BCUT2D eigenvalue weighted by molar-refractivity contribution is 6.33. The Hall–Kier alpha value is -3.12. The number of hydrogen-bond donors (Lipinski definition) is 2.